The molecule has 1 aromatic carbocycles. The van der Waals surface area contributed by atoms with Crippen LogP contribution in [0.3, 0.4) is 0 Å². The number of anilines is 1. The zero-order chi connectivity index (χ0) is 13.8. The molecule has 0 radical (unpaired) electrons. The van der Waals surface area contributed by atoms with Gasteiger partial charge >= 0.3 is 0 Å². The summed E-state index contributed by atoms with van der Waals surface area (Å²) in [5.41, 5.74) is 1.01. The van der Waals surface area contributed by atoms with E-state index >= 15 is 0 Å². The molecule has 98 valence electrons. The Morgan fingerprint density at radius 2 is 1.89 bits per heavy atom. The third kappa shape index (κ3) is 3.59. The van der Waals surface area contributed by atoms with Gasteiger partial charge in [0.25, 0.3) is 5.91 Å². The number of ether oxygens (including phenoxy) is 1. The number of halogens is 2. The number of benzene rings is 1. The monoisotopic (exact) mass is 296 g/mol. The van der Waals surface area contributed by atoms with Crippen molar-refractivity contribution in [3.63, 3.8) is 0 Å². The summed E-state index contributed by atoms with van der Waals surface area (Å²) in [7, 11) is 1.46. The first-order valence-electron chi connectivity index (χ1n) is 5.37. The first kappa shape index (κ1) is 13.6. The van der Waals surface area contributed by atoms with Crippen LogP contribution in [-0.2, 0) is 0 Å². The second kappa shape index (κ2) is 5.91. The lowest BCUT2D eigenvalue weighted by Gasteiger charge is -2.07. The summed E-state index contributed by atoms with van der Waals surface area (Å²) < 4.78 is 4.96. The lowest BCUT2D eigenvalue weighted by Crippen LogP contribution is -2.12. The molecule has 2 aromatic rings. The number of hydrogen-bond acceptors (Lipinski definition) is 3. The van der Waals surface area contributed by atoms with Gasteiger partial charge < -0.3 is 10.1 Å². The fourth-order valence-electron chi connectivity index (χ4n) is 1.44. The number of nitrogens with zero attached hydrogens (tertiary/aromatic N) is 1. The molecule has 1 N–H and O–H groups in total. The van der Waals surface area contributed by atoms with Gasteiger partial charge in [0.2, 0.25) is 5.88 Å². The molecule has 1 aromatic heterocycles. The average Bonchev–Trinajstić information content (AvgIpc) is 2.40. The number of hydrogen-bond donors (Lipinski definition) is 1. The van der Waals surface area contributed by atoms with Crippen molar-refractivity contribution in [2.24, 2.45) is 0 Å². The van der Waals surface area contributed by atoms with Crippen LogP contribution in [0.2, 0.25) is 10.2 Å². The fourth-order valence-corrected chi connectivity index (χ4v) is 1.77. The average molecular weight is 297 g/mol. The number of nitrogens with one attached hydrogen (secondary N) is 1. The van der Waals surface area contributed by atoms with E-state index in [-0.39, 0.29) is 16.9 Å². The van der Waals surface area contributed by atoms with Gasteiger partial charge in [-0.15, -0.1) is 0 Å². The molecule has 6 heteroatoms. The van der Waals surface area contributed by atoms with E-state index in [4.69, 9.17) is 27.9 Å². The highest BCUT2D eigenvalue weighted by molar-refractivity contribution is 6.30. The fraction of sp³-hybridized carbons (Fsp3) is 0.0769. The van der Waals surface area contributed by atoms with Crippen LogP contribution in [0.1, 0.15) is 10.4 Å². The molecule has 0 atom stereocenters. The van der Waals surface area contributed by atoms with Gasteiger partial charge in [-0.1, -0.05) is 23.2 Å². The molecule has 0 aliphatic rings. The Balaban J connectivity index is 2.20. The maximum Gasteiger partial charge on any atom is 0.255 e. The Kier molecular flexibility index (Phi) is 4.24. The summed E-state index contributed by atoms with van der Waals surface area (Å²) in [6.45, 7) is 0. The minimum Gasteiger partial charge on any atom is -0.481 e. The highest BCUT2D eigenvalue weighted by atomic mass is 35.5. The maximum atomic E-state index is 12.0. The van der Waals surface area contributed by atoms with Crippen molar-refractivity contribution in [2.75, 3.05) is 12.4 Å². The van der Waals surface area contributed by atoms with Crippen LogP contribution in [0.25, 0.3) is 0 Å². The van der Waals surface area contributed by atoms with Gasteiger partial charge in [0.05, 0.1) is 7.11 Å². The Hall–Kier alpha value is -1.78. The molecule has 0 unspecified atom stereocenters. The van der Waals surface area contributed by atoms with Crippen LogP contribution in [0.15, 0.2) is 36.4 Å². The Morgan fingerprint density at radius 3 is 2.53 bits per heavy atom. The number of carbonyl (C=O) groups excluding carboxylic acids is 1. The second-order valence-electron chi connectivity index (χ2n) is 3.68. The number of pyridine rings is 1. The summed E-state index contributed by atoms with van der Waals surface area (Å²) in [6, 6.07) is 9.78. The zero-order valence-electron chi connectivity index (χ0n) is 9.98. The van der Waals surface area contributed by atoms with Crippen molar-refractivity contribution in [1.29, 1.82) is 0 Å². The van der Waals surface area contributed by atoms with Crippen molar-refractivity contribution in [2.45, 2.75) is 0 Å². The van der Waals surface area contributed by atoms with Crippen molar-refractivity contribution < 1.29 is 9.53 Å². The maximum absolute atomic E-state index is 12.0. The minimum atomic E-state index is -0.301. The van der Waals surface area contributed by atoms with Crippen LogP contribution in [0, 0.1) is 0 Å². The van der Waals surface area contributed by atoms with Gasteiger partial charge in [0, 0.05) is 22.3 Å². The first-order chi connectivity index (χ1) is 9.08. The standard InChI is InChI=1S/C13H10Cl2N2O2/c1-19-12-7-8(6-11(15)17-12)13(18)16-10-4-2-9(14)3-5-10/h2-7H,1H3,(H,16,18). The minimum absolute atomic E-state index is 0.195. The molecule has 0 bridgehead atoms. The van der Waals surface area contributed by atoms with Crippen LogP contribution in [-0.4, -0.2) is 18.0 Å². The molecule has 0 fully saturated rings. The largest absolute Gasteiger partial charge is 0.481 e. The molecule has 4 nitrogen and oxygen atoms in total. The van der Waals surface area contributed by atoms with Gasteiger partial charge in [-0.3, -0.25) is 4.79 Å². The normalized spacial score (nSPS) is 10.1. The molecule has 0 saturated heterocycles. The summed E-state index contributed by atoms with van der Waals surface area (Å²) in [6.07, 6.45) is 0. The number of methoxy groups -OCH3 is 1. The highest BCUT2D eigenvalue weighted by Gasteiger charge is 2.10. The van der Waals surface area contributed by atoms with Crippen molar-refractivity contribution in [3.8, 4) is 5.88 Å². The van der Waals surface area contributed by atoms with E-state index in [0.717, 1.165) is 0 Å². The van der Waals surface area contributed by atoms with Crippen molar-refractivity contribution in [3.05, 3.63) is 52.1 Å². The highest BCUT2D eigenvalue weighted by Crippen LogP contribution is 2.18. The number of carbonyl (C=O) groups is 1. The van der Waals surface area contributed by atoms with E-state index in [1.165, 1.54) is 19.2 Å². The molecule has 0 aliphatic heterocycles. The quantitative estimate of drug-likeness (QED) is 0.880. The van der Waals surface area contributed by atoms with E-state index in [0.29, 0.717) is 16.3 Å². The van der Waals surface area contributed by atoms with E-state index in [2.05, 4.69) is 10.3 Å². The van der Waals surface area contributed by atoms with Gasteiger partial charge in [0.1, 0.15) is 5.15 Å². The Labute approximate surface area is 120 Å². The van der Waals surface area contributed by atoms with Gasteiger partial charge in [-0.05, 0) is 30.3 Å². The van der Waals surface area contributed by atoms with Gasteiger partial charge in [-0.25, -0.2) is 4.98 Å². The van der Waals surface area contributed by atoms with Crippen LogP contribution < -0.4 is 10.1 Å². The second-order valence-corrected chi connectivity index (χ2v) is 4.51. The van der Waals surface area contributed by atoms with Crippen LogP contribution >= 0.6 is 23.2 Å². The molecule has 1 heterocycles. The summed E-state index contributed by atoms with van der Waals surface area (Å²) in [5.74, 6) is -0.0151. The molecule has 0 aliphatic carbocycles. The predicted octanol–water partition coefficient (Wildman–Crippen LogP) is 3.65. The first-order valence-corrected chi connectivity index (χ1v) is 6.12. The Bertz CT molecular complexity index is 600. The molecule has 0 spiro atoms. The van der Waals surface area contributed by atoms with Crippen LogP contribution in [0.5, 0.6) is 5.88 Å². The van der Waals surface area contributed by atoms with Gasteiger partial charge in [-0.2, -0.15) is 0 Å². The zero-order valence-corrected chi connectivity index (χ0v) is 11.5. The lowest BCUT2D eigenvalue weighted by molar-refractivity contribution is 0.102. The lowest BCUT2D eigenvalue weighted by atomic mass is 10.2. The third-order valence-electron chi connectivity index (χ3n) is 2.34. The predicted molar refractivity (Wildman–Crippen MR) is 75.2 cm³/mol. The molecule has 1 amide bonds. The van der Waals surface area contributed by atoms with E-state index in [1.807, 2.05) is 0 Å². The summed E-state index contributed by atoms with van der Waals surface area (Å²) in [5, 5.41) is 3.52. The molecule has 2 rings (SSSR count). The topological polar surface area (TPSA) is 51.2 Å². The smallest absolute Gasteiger partial charge is 0.255 e. The van der Waals surface area contributed by atoms with Crippen molar-refractivity contribution in [1.82, 2.24) is 4.98 Å². The molecular weight excluding hydrogens is 287 g/mol. The van der Waals surface area contributed by atoms with E-state index in [1.54, 1.807) is 24.3 Å². The Morgan fingerprint density at radius 1 is 1.21 bits per heavy atom. The molecule has 0 saturated carbocycles. The van der Waals surface area contributed by atoms with E-state index < -0.39 is 0 Å². The number of amides is 1. The van der Waals surface area contributed by atoms with Crippen molar-refractivity contribution >= 4 is 34.8 Å². The summed E-state index contributed by atoms with van der Waals surface area (Å²) in [4.78, 5) is 15.9. The summed E-state index contributed by atoms with van der Waals surface area (Å²) >= 11 is 11.6. The molecule has 19 heavy (non-hydrogen) atoms. The van der Waals surface area contributed by atoms with E-state index in [9.17, 15) is 4.79 Å². The molecular formula is C13H10Cl2N2O2. The third-order valence-corrected chi connectivity index (χ3v) is 2.79. The van der Waals surface area contributed by atoms with Gasteiger partial charge in [0.15, 0.2) is 0 Å². The number of rotatable bonds is 3. The van der Waals surface area contributed by atoms with Crippen LogP contribution in [0.4, 0.5) is 5.69 Å². The number of aromatic nitrogens is 1. The SMILES string of the molecule is COc1cc(C(=O)Nc2ccc(Cl)cc2)cc(Cl)n1.